The minimum absolute atomic E-state index is 0.571. The van der Waals surface area contributed by atoms with Crippen LogP contribution in [0.4, 0.5) is 17.1 Å². The van der Waals surface area contributed by atoms with Crippen LogP contribution in [-0.4, -0.2) is 4.98 Å². The zero-order valence-corrected chi connectivity index (χ0v) is 27.8. The van der Waals surface area contributed by atoms with E-state index in [4.69, 9.17) is 18.2 Å². The molecule has 3 heterocycles. The van der Waals surface area contributed by atoms with E-state index in [-0.39, 0.29) is 0 Å². The molecule has 0 unspecified atom stereocenters. The molecule has 11 aromatic rings. The van der Waals surface area contributed by atoms with E-state index in [1.54, 1.807) is 0 Å². The quantitative estimate of drug-likeness (QED) is 0.183. The third-order valence-corrected chi connectivity index (χ3v) is 10.1. The van der Waals surface area contributed by atoms with E-state index in [0.29, 0.717) is 5.89 Å². The molecule has 0 aliphatic heterocycles. The third kappa shape index (κ3) is 4.39. The first-order valence-electron chi connectivity index (χ1n) is 17.4. The van der Waals surface area contributed by atoms with Crippen molar-refractivity contribution >= 4 is 82.8 Å². The van der Waals surface area contributed by atoms with Gasteiger partial charge in [0.05, 0.1) is 11.1 Å². The molecule has 0 aliphatic rings. The fourth-order valence-corrected chi connectivity index (χ4v) is 7.73. The Bertz CT molecular complexity index is 3150. The Morgan fingerprint density at radius 3 is 2.04 bits per heavy atom. The SMILES string of the molecule is c1ccc(-c2cccc(N(c3ccc4c(c3)oc3cccc(-c5nc6ccc7ccccc7c6o5)c34)c3cccc4oc5ccccc5c34)c2)cc1. The second-order valence-electron chi connectivity index (χ2n) is 13.1. The number of oxazole rings is 1. The molecule has 0 N–H and O–H groups in total. The lowest BCUT2D eigenvalue weighted by molar-refractivity contribution is 0.623. The lowest BCUT2D eigenvalue weighted by Crippen LogP contribution is -2.10. The zero-order chi connectivity index (χ0) is 34.2. The molecule has 244 valence electrons. The van der Waals surface area contributed by atoms with E-state index in [1.807, 2.05) is 54.6 Å². The normalized spacial score (nSPS) is 11.8. The Morgan fingerprint density at radius 1 is 0.423 bits per heavy atom. The van der Waals surface area contributed by atoms with Gasteiger partial charge in [0.1, 0.15) is 27.8 Å². The summed E-state index contributed by atoms with van der Waals surface area (Å²) in [6.45, 7) is 0. The summed E-state index contributed by atoms with van der Waals surface area (Å²) >= 11 is 0. The van der Waals surface area contributed by atoms with Crippen LogP contribution in [0.1, 0.15) is 0 Å². The van der Waals surface area contributed by atoms with E-state index in [9.17, 15) is 0 Å². The highest BCUT2D eigenvalue weighted by atomic mass is 16.4. The Hall–Kier alpha value is -7.11. The summed E-state index contributed by atoms with van der Waals surface area (Å²) in [6.07, 6.45) is 0. The van der Waals surface area contributed by atoms with Crippen LogP contribution < -0.4 is 4.90 Å². The molecule has 5 heteroatoms. The van der Waals surface area contributed by atoms with Gasteiger partial charge in [0.2, 0.25) is 5.89 Å². The maximum atomic E-state index is 6.64. The van der Waals surface area contributed by atoms with Gasteiger partial charge in [-0.1, -0.05) is 103 Å². The first kappa shape index (κ1) is 28.7. The van der Waals surface area contributed by atoms with E-state index in [1.165, 1.54) is 0 Å². The number of hydrogen-bond donors (Lipinski definition) is 0. The average Bonchev–Trinajstić information content (AvgIpc) is 3.92. The maximum absolute atomic E-state index is 6.64. The van der Waals surface area contributed by atoms with Crippen LogP contribution in [0, 0.1) is 0 Å². The lowest BCUT2D eigenvalue weighted by Gasteiger charge is -2.26. The summed E-state index contributed by atoms with van der Waals surface area (Å²) in [6, 6.07) is 58.5. The molecule has 0 spiro atoms. The van der Waals surface area contributed by atoms with E-state index >= 15 is 0 Å². The van der Waals surface area contributed by atoms with Crippen molar-refractivity contribution in [3.8, 4) is 22.6 Å². The van der Waals surface area contributed by atoms with Gasteiger partial charge < -0.3 is 18.2 Å². The van der Waals surface area contributed by atoms with Crippen molar-refractivity contribution in [1.82, 2.24) is 4.98 Å². The van der Waals surface area contributed by atoms with Gasteiger partial charge in [-0.3, -0.25) is 0 Å². The van der Waals surface area contributed by atoms with Crippen molar-refractivity contribution in [3.05, 3.63) is 170 Å². The second kappa shape index (κ2) is 11.2. The Kier molecular flexibility index (Phi) is 6.18. The average molecular weight is 669 g/mol. The third-order valence-electron chi connectivity index (χ3n) is 10.1. The fourth-order valence-electron chi connectivity index (χ4n) is 7.73. The molecule has 3 aromatic heterocycles. The van der Waals surface area contributed by atoms with Gasteiger partial charge in [-0.25, -0.2) is 4.98 Å². The van der Waals surface area contributed by atoms with Crippen LogP contribution in [0.2, 0.25) is 0 Å². The predicted molar refractivity (Wildman–Crippen MR) is 212 cm³/mol. The fraction of sp³-hybridized carbons (Fsp3) is 0. The number of nitrogens with zero attached hydrogens (tertiary/aromatic N) is 2. The van der Waals surface area contributed by atoms with Gasteiger partial charge in [-0.05, 0) is 77.2 Å². The molecule has 0 amide bonds. The van der Waals surface area contributed by atoms with Crippen LogP contribution in [-0.2, 0) is 0 Å². The number of anilines is 3. The number of rotatable bonds is 5. The van der Waals surface area contributed by atoms with Crippen molar-refractivity contribution in [2.24, 2.45) is 0 Å². The van der Waals surface area contributed by atoms with Crippen molar-refractivity contribution < 1.29 is 13.3 Å². The number of fused-ring (bicyclic) bond motifs is 9. The minimum atomic E-state index is 0.571. The standard InChI is InChI=1S/C47H28N2O3/c1-2-11-29(12-3-1)31-14-8-15-32(27-31)49(39-19-10-22-42-45(39)35-17-6-7-20-40(35)50-42)33-24-25-36-43(28-33)51-41-21-9-18-37(44(36)41)47-48-38-26-23-30-13-4-5-16-34(30)46(38)52-47/h1-28H. The summed E-state index contributed by atoms with van der Waals surface area (Å²) in [5.41, 5.74) is 11.0. The molecule has 0 bridgehead atoms. The van der Waals surface area contributed by atoms with Gasteiger partial charge in [0.25, 0.3) is 0 Å². The molecule has 5 nitrogen and oxygen atoms in total. The highest BCUT2D eigenvalue weighted by molar-refractivity contribution is 6.15. The molecule has 8 aromatic carbocycles. The van der Waals surface area contributed by atoms with Gasteiger partial charge in [-0.2, -0.15) is 0 Å². The molecule has 0 saturated carbocycles. The van der Waals surface area contributed by atoms with Crippen molar-refractivity contribution in [3.63, 3.8) is 0 Å². The molecular weight excluding hydrogens is 641 g/mol. The van der Waals surface area contributed by atoms with E-state index in [0.717, 1.165) is 99.5 Å². The maximum Gasteiger partial charge on any atom is 0.228 e. The van der Waals surface area contributed by atoms with Gasteiger partial charge in [-0.15, -0.1) is 0 Å². The molecule has 11 rings (SSSR count). The van der Waals surface area contributed by atoms with Crippen LogP contribution in [0.5, 0.6) is 0 Å². The molecule has 0 atom stereocenters. The Morgan fingerprint density at radius 2 is 1.12 bits per heavy atom. The van der Waals surface area contributed by atoms with Crippen LogP contribution in [0.25, 0.3) is 88.3 Å². The first-order valence-corrected chi connectivity index (χ1v) is 17.4. The monoisotopic (exact) mass is 668 g/mol. The highest BCUT2D eigenvalue weighted by Gasteiger charge is 2.22. The number of furan rings is 2. The van der Waals surface area contributed by atoms with Crippen LogP contribution >= 0.6 is 0 Å². The van der Waals surface area contributed by atoms with Gasteiger partial charge >= 0.3 is 0 Å². The topological polar surface area (TPSA) is 55.6 Å². The van der Waals surface area contributed by atoms with Gasteiger partial charge in [0.15, 0.2) is 5.58 Å². The number of aromatic nitrogens is 1. The number of benzene rings is 8. The summed E-state index contributed by atoms with van der Waals surface area (Å²) in [7, 11) is 0. The second-order valence-corrected chi connectivity index (χ2v) is 13.1. The largest absolute Gasteiger partial charge is 0.456 e. The molecule has 0 radical (unpaired) electrons. The smallest absolute Gasteiger partial charge is 0.228 e. The molecule has 0 fully saturated rings. The van der Waals surface area contributed by atoms with Gasteiger partial charge in [0, 0.05) is 44.5 Å². The van der Waals surface area contributed by atoms with Crippen molar-refractivity contribution in [2.75, 3.05) is 4.90 Å². The predicted octanol–water partition coefficient (Wildman–Crippen LogP) is 13.6. The summed E-state index contributed by atoms with van der Waals surface area (Å²) < 4.78 is 19.5. The van der Waals surface area contributed by atoms with E-state index < -0.39 is 0 Å². The number of hydrogen-bond acceptors (Lipinski definition) is 5. The zero-order valence-electron chi connectivity index (χ0n) is 27.8. The Balaban J connectivity index is 1.12. The van der Waals surface area contributed by atoms with Crippen LogP contribution in [0.3, 0.4) is 0 Å². The molecule has 52 heavy (non-hydrogen) atoms. The number of para-hydroxylation sites is 1. The first-order chi connectivity index (χ1) is 25.8. The van der Waals surface area contributed by atoms with Crippen molar-refractivity contribution in [1.29, 1.82) is 0 Å². The summed E-state index contributed by atoms with van der Waals surface area (Å²) in [5, 5.41) is 6.25. The molecular formula is C47H28N2O3. The summed E-state index contributed by atoms with van der Waals surface area (Å²) in [4.78, 5) is 7.25. The Labute approximate surface area is 297 Å². The lowest BCUT2D eigenvalue weighted by atomic mass is 10.0. The summed E-state index contributed by atoms with van der Waals surface area (Å²) in [5.74, 6) is 0.571. The molecule has 0 saturated heterocycles. The highest BCUT2D eigenvalue weighted by Crippen LogP contribution is 2.46. The minimum Gasteiger partial charge on any atom is -0.456 e. The van der Waals surface area contributed by atoms with E-state index in [2.05, 4.69) is 120 Å². The molecule has 0 aliphatic carbocycles. The van der Waals surface area contributed by atoms with Crippen LogP contribution in [0.15, 0.2) is 183 Å². The van der Waals surface area contributed by atoms with Crippen molar-refractivity contribution in [2.45, 2.75) is 0 Å².